The normalized spacial score (nSPS) is 13.6. The van der Waals surface area contributed by atoms with Crippen LogP contribution in [0.1, 0.15) is 143 Å². The SMILES string of the molecule is CCCCCCCCNCC(C)CCCCCCC(C)CNCCCCCCCC. The Hall–Kier alpha value is -0.0800. The van der Waals surface area contributed by atoms with Crippen molar-refractivity contribution in [3.8, 4) is 0 Å². The quantitative estimate of drug-likeness (QED) is 0.143. The van der Waals surface area contributed by atoms with E-state index in [2.05, 4.69) is 38.3 Å². The van der Waals surface area contributed by atoms with Crippen molar-refractivity contribution >= 4 is 0 Å². The van der Waals surface area contributed by atoms with Crippen molar-refractivity contribution in [2.24, 2.45) is 11.8 Å². The van der Waals surface area contributed by atoms with E-state index in [1.54, 1.807) is 0 Å². The molecule has 30 heavy (non-hydrogen) atoms. The highest BCUT2D eigenvalue weighted by Crippen LogP contribution is 2.14. The van der Waals surface area contributed by atoms with Gasteiger partial charge in [0, 0.05) is 0 Å². The summed E-state index contributed by atoms with van der Waals surface area (Å²) in [5.74, 6) is 1.69. The third kappa shape index (κ3) is 24.2. The van der Waals surface area contributed by atoms with Gasteiger partial charge in [-0.3, -0.25) is 0 Å². The zero-order valence-corrected chi connectivity index (χ0v) is 21.7. The number of unbranched alkanes of at least 4 members (excludes halogenated alkanes) is 13. The average Bonchev–Trinajstić information content (AvgIpc) is 2.74. The van der Waals surface area contributed by atoms with Crippen molar-refractivity contribution in [1.29, 1.82) is 0 Å². The van der Waals surface area contributed by atoms with Crippen molar-refractivity contribution in [3.63, 3.8) is 0 Å². The Morgan fingerprint density at radius 1 is 0.433 bits per heavy atom. The highest BCUT2D eigenvalue weighted by Gasteiger charge is 2.04. The maximum absolute atomic E-state index is 3.68. The van der Waals surface area contributed by atoms with Crippen molar-refractivity contribution in [1.82, 2.24) is 10.6 Å². The van der Waals surface area contributed by atoms with Crippen LogP contribution in [0.5, 0.6) is 0 Å². The van der Waals surface area contributed by atoms with Crippen molar-refractivity contribution in [2.45, 2.75) is 143 Å². The molecule has 0 heterocycles. The van der Waals surface area contributed by atoms with E-state index < -0.39 is 0 Å². The first-order valence-electron chi connectivity index (χ1n) is 14.1. The Kier molecular flexibility index (Phi) is 25.1. The molecule has 0 amide bonds. The molecule has 0 aromatic rings. The molecule has 0 aliphatic carbocycles. The van der Waals surface area contributed by atoms with Crippen LogP contribution < -0.4 is 10.6 Å². The predicted molar refractivity (Wildman–Crippen MR) is 139 cm³/mol. The molecule has 0 aromatic heterocycles. The molecule has 0 radical (unpaired) electrons. The summed E-state index contributed by atoms with van der Waals surface area (Å²) in [5.41, 5.74) is 0. The second-order valence-electron chi connectivity index (χ2n) is 10.1. The van der Waals surface area contributed by atoms with E-state index >= 15 is 0 Å². The zero-order valence-electron chi connectivity index (χ0n) is 21.7. The summed E-state index contributed by atoms with van der Waals surface area (Å²) >= 11 is 0. The van der Waals surface area contributed by atoms with Gasteiger partial charge in [0.05, 0.1) is 0 Å². The fourth-order valence-corrected chi connectivity index (χ4v) is 4.30. The molecular weight excluding hydrogens is 364 g/mol. The van der Waals surface area contributed by atoms with Crippen LogP contribution in [0.2, 0.25) is 0 Å². The maximum atomic E-state index is 3.68. The van der Waals surface area contributed by atoms with Crippen LogP contribution in [-0.2, 0) is 0 Å². The fourth-order valence-electron chi connectivity index (χ4n) is 4.30. The van der Waals surface area contributed by atoms with Gasteiger partial charge in [-0.1, -0.05) is 118 Å². The highest BCUT2D eigenvalue weighted by molar-refractivity contribution is 4.61. The maximum Gasteiger partial charge on any atom is -0.00232 e. The Labute approximate surface area is 192 Å². The lowest BCUT2D eigenvalue weighted by Crippen LogP contribution is -2.22. The molecule has 2 N–H and O–H groups in total. The molecule has 182 valence electrons. The van der Waals surface area contributed by atoms with Gasteiger partial charge >= 0.3 is 0 Å². The van der Waals surface area contributed by atoms with Crippen LogP contribution in [-0.4, -0.2) is 26.2 Å². The molecule has 0 rings (SSSR count). The summed E-state index contributed by atoms with van der Waals surface area (Å²) < 4.78 is 0. The first kappa shape index (κ1) is 29.9. The molecule has 0 fully saturated rings. The zero-order chi connectivity index (χ0) is 22.1. The second-order valence-corrected chi connectivity index (χ2v) is 10.1. The predicted octanol–water partition coefficient (Wildman–Crippen LogP) is 8.50. The van der Waals surface area contributed by atoms with Crippen molar-refractivity contribution in [3.05, 3.63) is 0 Å². The monoisotopic (exact) mass is 424 g/mol. The Bertz CT molecular complexity index is 275. The standard InChI is InChI=1S/C28H60N2/c1-5-7-9-11-15-19-23-29-25-27(3)21-17-13-14-18-22-28(4)26-30-24-20-16-12-10-8-6-2/h27-30H,5-26H2,1-4H3. The summed E-state index contributed by atoms with van der Waals surface area (Å²) in [4.78, 5) is 0. The summed E-state index contributed by atoms with van der Waals surface area (Å²) in [6.07, 6.45) is 25.3. The van der Waals surface area contributed by atoms with Gasteiger partial charge in [-0.15, -0.1) is 0 Å². The third-order valence-corrected chi connectivity index (χ3v) is 6.54. The molecule has 2 unspecified atom stereocenters. The van der Waals surface area contributed by atoms with Crippen LogP contribution in [0.25, 0.3) is 0 Å². The van der Waals surface area contributed by atoms with Gasteiger partial charge in [0.25, 0.3) is 0 Å². The average molecular weight is 425 g/mol. The molecule has 0 spiro atoms. The Morgan fingerprint density at radius 2 is 0.767 bits per heavy atom. The first-order valence-corrected chi connectivity index (χ1v) is 14.1. The topological polar surface area (TPSA) is 24.1 Å². The molecule has 2 atom stereocenters. The Morgan fingerprint density at radius 3 is 1.17 bits per heavy atom. The van der Waals surface area contributed by atoms with E-state index in [0.29, 0.717) is 0 Å². The molecule has 2 heteroatoms. The van der Waals surface area contributed by atoms with Crippen molar-refractivity contribution < 1.29 is 0 Å². The summed E-state index contributed by atoms with van der Waals surface area (Å²) in [6, 6.07) is 0. The largest absolute Gasteiger partial charge is 0.316 e. The van der Waals surface area contributed by atoms with Gasteiger partial charge in [-0.25, -0.2) is 0 Å². The third-order valence-electron chi connectivity index (χ3n) is 6.54. The van der Waals surface area contributed by atoms with Crippen LogP contribution in [0.15, 0.2) is 0 Å². The highest BCUT2D eigenvalue weighted by atomic mass is 14.9. The summed E-state index contributed by atoms with van der Waals surface area (Å²) in [5, 5.41) is 7.35. The minimum absolute atomic E-state index is 0.843. The number of hydrogen-bond acceptors (Lipinski definition) is 2. The van der Waals surface area contributed by atoms with E-state index in [-0.39, 0.29) is 0 Å². The lowest BCUT2D eigenvalue weighted by molar-refractivity contribution is 0.426. The molecular formula is C28H60N2. The van der Waals surface area contributed by atoms with E-state index in [1.165, 1.54) is 142 Å². The van der Waals surface area contributed by atoms with Crippen LogP contribution >= 0.6 is 0 Å². The first-order chi connectivity index (χ1) is 14.7. The lowest BCUT2D eigenvalue weighted by Gasteiger charge is -2.14. The molecule has 0 aromatic carbocycles. The molecule has 0 saturated carbocycles. The van der Waals surface area contributed by atoms with Crippen molar-refractivity contribution in [2.75, 3.05) is 26.2 Å². The van der Waals surface area contributed by atoms with Gasteiger partial charge in [-0.2, -0.15) is 0 Å². The van der Waals surface area contributed by atoms with Gasteiger partial charge < -0.3 is 10.6 Å². The molecule has 0 saturated heterocycles. The smallest absolute Gasteiger partial charge is 0.00232 e. The van der Waals surface area contributed by atoms with Crippen LogP contribution in [0.4, 0.5) is 0 Å². The van der Waals surface area contributed by atoms with E-state index in [4.69, 9.17) is 0 Å². The van der Waals surface area contributed by atoms with E-state index in [9.17, 15) is 0 Å². The summed E-state index contributed by atoms with van der Waals surface area (Å²) in [6.45, 7) is 14.3. The molecule has 0 aliphatic rings. The minimum Gasteiger partial charge on any atom is -0.316 e. The second kappa shape index (κ2) is 25.2. The fraction of sp³-hybridized carbons (Fsp3) is 1.00. The minimum atomic E-state index is 0.843. The number of rotatable bonds is 25. The number of nitrogens with one attached hydrogen (secondary N) is 2. The molecule has 0 bridgehead atoms. The number of hydrogen-bond donors (Lipinski definition) is 2. The van der Waals surface area contributed by atoms with Gasteiger partial charge in [0.15, 0.2) is 0 Å². The van der Waals surface area contributed by atoms with Gasteiger partial charge in [0.2, 0.25) is 0 Å². The summed E-state index contributed by atoms with van der Waals surface area (Å²) in [7, 11) is 0. The van der Waals surface area contributed by atoms with E-state index in [1.807, 2.05) is 0 Å². The lowest BCUT2D eigenvalue weighted by atomic mass is 9.99. The van der Waals surface area contributed by atoms with Gasteiger partial charge in [-0.05, 0) is 63.7 Å². The van der Waals surface area contributed by atoms with E-state index in [0.717, 1.165) is 11.8 Å². The van der Waals surface area contributed by atoms with Crippen LogP contribution in [0.3, 0.4) is 0 Å². The van der Waals surface area contributed by atoms with Gasteiger partial charge in [0.1, 0.15) is 0 Å². The van der Waals surface area contributed by atoms with Crippen LogP contribution in [0, 0.1) is 11.8 Å². The molecule has 2 nitrogen and oxygen atoms in total. The Balaban J connectivity index is 3.25. The molecule has 0 aliphatic heterocycles.